The van der Waals surface area contributed by atoms with Crippen molar-refractivity contribution in [3.63, 3.8) is 0 Å². The molecule has 0 spiro atoms. The molecule has 0 amide bonds. The molecule has 0 radical (unpaired) electrons. The molecule has 3 nitrogen and oxygen atoms in total. The molecular weight excluding hydrogens is 222 g/mol. The average Bonchev–Trinajstić information content (AvgIpc) is 2.71. The normalized spacial score (nSPS) is 26.2. The zero-order valence-corrected chi connectivity index (χ0v) is 12.0. The average molecular weight is 249 g/mol. The molecular formula is C15H27N3. The van der Waals surface area contributed by atoms with Gasteiger partial charge in [-0.15, -0.1) is 0 Å². The van der Waals surface area contributed by atoms with E-state index >= 15 is 0 Å². The van der Waals surface area contributed by atoms with Gasteiger partial charge in [-0.25, -0.2) is 0 Å². The molecule has 1 aliphatic carbocycles. The van der Waals surface area contributed by atoms with E-state index in [9.17, 15) is 0 Å². The van der Waals surface area contributed by atoms with Crippen molar-refractivity contribution >= 4 is 0 Å². The van der Waals surface area contributed by atoms with Crippen molar-refractivity contribution in [2.75, 3.05) is 0 Å². The largest absolute Gasteiger partial charge is 0.327 e. The highest BCUT2D eigenvalue weighted by atomic mass is 15.3. The molecule has 0 bridgehead atoms. The lowest BCUT2D eigenvalue weighted by Gasteiger charge is -2.30. The fraction of sp³-hybridized carbons (Fsp3) is 0.800. The number of hydrogen-bond acceptors (Lipinski definition) is 2. The minimum absolute atomic E-state index is 0.303. The smallest absolute Gasteiger partial charge is 0.0624 e. The van der Waals surface area contributed by atoms with Gasteiger partial charge < -0.3 is 5.73 Å². The van der Waals surface area contributed by atoms with Gasteiger partial charge in [-0.2, -0.15) is 5.10 Å². The first-order valence-corrected chi connectivity index (χ1v) is 7.37. The molecule has 2 N–H and O–H groups in total. The van der Waals surface area contributed by atoms with Gasteiger partial charge in [-0.3, -0.25) is 4.68 Å². The van der Waals surface area contributed by atoms with Gasteiger partial charge in [0.15, 0.2) is 0 Å². The lowest BCUT2D eigenvalue weighted by atomic mass is 9.78. The van der Waals surface area contributed by atoms with Crippen LogP contribution in [0.2, 0.25) is 0 Å². The van der Waals surface area contributed by atoms with Gasteiger partial charge in [0.25, 0.3) is 0 Å². The van der Waals surface area contributed by atoms with Crippen molar-refractivity contribution in [2.24, 2.45) is 24.6 Å². The Kier molecular flexibility index (Phi) is 4.44. The molecule has 0 aromatic carbocycles. The number of nitrogens with two attached hydrogens (primary N) is 1. The summed E-state index contributed by atoms with van der Waals surface area (Å²) in [5, 5.41) is 4.50. The first kappa shape index (κ1) is 13.6. The van der Waals surface area contributed by atoms with E-state index < -0.39 is 0 Å². The van der Waals surface area contributed by atoms with Crippen molar-refractivity contribution in [3.8, 4) is 0 Å². The maximum Gasteiger partial charge on any atom is 0.0624 e. The number of nitrogens with zero attached hydrogens (tertiary/aromatic N) is 2. The first-order chi connectivity index (χ1) is 8.60. The zero-order valence-electron chi connectivity index (χ0n) is 12.0. The maximum atomic E-state index is 6.40. The number of aromatic nitrogens is 2. The molecule has 2 rings (SSSR count). The second-order valence-electron chi connectivity index (χ2n) is 5.99. The number of aryl methyl sites for hydroxylation is 2. The third-order valence-electron chi connectivity index (χ3n) is 4.50. The molecule has 1 atom stereocenters. The van der Waals surface area contributed by atoms with E-state index in [0.717, 1.165) is 18.8 Å². The van der Waals surface area contributed by atoms with Gasteiger partial charge in [0.1, 0.15) is 0 Å². The van der Waals surface area contributed by atoms with E-state index in [0.29, 0.717) is 12.0 Å². The summed E-state index contributed by atoms with van der Waals surface area (Å²) in [6, 6.07) is 2.52. The third kappa shape index (κ3) is 3.14. The second kappa shape index (κ2) is 5.87. The molecule has 102 valence electrons. The Hall–Kier alpha value is -0.830. The molecule has 1 aromatic heterocycles. The molecule has 0 saturated heterocycles. The van der Waals surface area contributed by atoms with E-state index in [-0.39, 0.29) is 0 Å². The quantitative estimate of drug-likeness (QED) is 0.891. The van der Waals surface area contributed by atoms with Gasteiger partial charge in [-0.1, -0.05) is 26.7 Å². The fourth-order valence-corrected chi connectivity index (χ4v) is 3.06. The Morgan fingerprint density at radius 2 is 2.06 bits per heavy atom. The molecule has 1 heterocycles. The van der Waals surface area contributed by atoms with Crippen LogP contribution in [0.4, 0.5) is 0 Å². The molecule has 1 fully saturated rings. The highest BCUT2D eigenvalue weighted by molar-refractivity contribution is 5.11. The van der Waals surface area contributed by atoms with E-state index in [4.69, 9.17) is 5.73 Å². The predicted octanol–water partition coefficient (Wildman–Crippen LogP) is 2.68. The fourth-order valence-electron chi connectivity index (χ4n) is 3.06. The third-order valence-corrected chi connectivity index (χ3v) is 4.50. The molecule has 1 unspecified atom stereocenters. The van der Waals surface area contributed by atoms with Crippen LogP contribution < -0.4 is 5.73 Å². The Bertz CT molecular complexity index is 375. The zero-order chi connectivity index (χ0) is 13.1. The van der Waals surface area contributed by atoms with Crippen LogP contribution in [0.1, 0.15) is 50.9 Å². The topological polar surface area (TPSA) is 43.8 Å². The summed E-state index contributed by atoms with van der Waals surface area (Å²) in [7, 11) is 2.03. The lowest BCUT2D eigenvalue weighted by Crippen LogP contribution is -2.35. The Labute approximate surface area is 111 Å². The van der Waals surface area contributed by atoms with E-state index in [1.807, 2.05) is 11.7 Å². The highest BCUT2D eigenvalue weighted by Crippen LogP contribution is 2.30. The molecule has 1 saturated carbocycles. The van der Waals surface area contributed by atoms with Gasteiger partial charge >= 0.3 is 0 Å². The summed E-state index contributed by atoms with van der Waals surface area (Å²) in [4.78, 5) is 0. The van der Waals surface area contributed by atoms with Crippen LogP contribution in [0.5, 0.6) is 0 Å². The minimum Gasteiger partial charge on any atom is -0.327 e. The molecule has 0 aliphatic heterocycles. The van der Waals surface area contributed by atoms with Crippen molar-refractivity contribution in [2.45, 2.75) is 58.4 Å². The van der Waals surface area contributed by atoms with Crippen LogP contribution >= 0.6 is 0 Å². The van der Waals surface area contributed by atoms with Crippen LogP contribution in [0.25, 0.3) is 0 Å². The minimum atomic E-state index is 0.303. The summed E-state index contributed by atoms with van der Waals surface area (Å²) in [5.41, 5.74) is 8.87. The van der Waals surface area contributed by atoms with Gasteiger partial charge in [0, 0.05) is 25.2 Å². The SMILES string of the molecule is CCc1cc(CC(N)C2CCC(C)CC2)n(C)n1. The number of rotatable bonds is 4. The number of hydrogen-bond donors (Lipinski definition) is 1. The second-order valence-corrected chi connectivity index (χ2v) is 5.99. The van der Waals surface area contributed by atoms with Crippen LogP contribution in [-0.4, -0.2) is 15.8 Å². The van der Waals surface area contributed by atoms with Crippen molar-refractivity contribution in [3.05, 3.63) is 17.5 Å². The van der Waals surface area contributed by atoms with Crippen molar-refractivity contribution in [1.29, 1.82) is 0 Å². The van der Waals surface area contributed by atoms with Crippen LogP contribution in [0, 0.1) is 11.8 Å². The van der Waals surface area contributed by atoms with Crippen LogP contribution in [0.15, 0.2) is 6.07 Å². The summed E-state index contributed by atoms with van der Waals surface area (Å²) >= 11 is 0. The maximum absolute atomic E-state index is 6.40. The van der Waals surface area contributed by atoms with E-state index in [2.05, 4.69) is 25.0 Å². The Balaban J connectivity index is 1.93. The summed E-state index contributed by atoms with van der Waals surface area (Å²) < 4.78 is 2.00. The first-order valence-electron chi connectivity index (χ1n) is 7.37. The van der Waals surface area contributed by atoms with E-state index in [1.165, 1.54) is 37.1 Å². The molecule has 3 heteroatoms. The summed E-state index contributed by atoms with van der Waals surface area (Å²) in [6.07, 6.45) is 7.29. The van der Waals surface area contributed by atoms with Crippen molar-refractivity contribution < 1.29 is 0 Å². The lowest BCUT2D eigenvalue weighted by molar-refractivity contribution is 0.252. The van der Waals surface area contributed by atoms with Gasteiger partial charge in [0.2, 0.25) is 0 Å². The predicted molar refractivity (Wildman–Crippen MR) is 75.4 cm³/mol. The molecule has 18 heavy (non-hydrogen) atoms. The summed E-state index contributed by atoms with van der Waals surface area (Å²) in [5.74, 6) is 1.61. The van der Waals surface area contributed by atoms with E-state index in [1.54, 1.807) is 0 Å². The molecule has 1 aromatic rings. The highest BCUT2D eigenvalue weighted by Gasteiger charge is 2.24. The van der Waals surface area contributed by atoms with Gasteiger partial charge in [0.05, 0.1) is 5.69 Å². The van der Waals surface area contributed by atoms with Crippen LogP contribution in [0.3, 0.4) is 0 Å². The van der Waals surface area contributed by atoms with Gasteiger partial charge in [-0.05, 0) is 37.2 Å². The Morgan fingerprint density at radius 1 is 1.39 bits per heavy atom. The Morgan fingerprint density at radius 3 is 2.61 bits per heavy atom. The van der Waals surface area contributed by atoms with Crippen molar-refractivity contribution in [1.82, 2.24) is 9.78 Å². The standard InChI is InChI=1S/C15H27N3/c1-4-13-9-14(18(3)17-13)10-15(16)12-7-5-11(2)6-8-12/h9,11-12,15H,4-8,10,16H2,1-3H3. The summed E-state index contributed by atoms with van der Waals surface area (Å²) in [6.45, 7) is 4.50. The monoisotopic (exact) mass is 249 g/mol. The van der Waals surface area contributed by atoms with Crippen LogP contribution in [-0.2, 0) is 19.9 Å². The molecule has 1 aliphatic rings.